The second-order valence-electron chi connectivity index (χ2n) is 6.24. The summed E-state index contributed by atoms with van der Waals surface area (Å²) in [6.45, 7) is 9.01. The fourth-order valence-electron chi connectivity index (χ4n) is 2.32. The molecule has 1 fully saturated rings. The molecule has 0 aliphatic carbocycles. The Morgan fingerprint density at radius 1 is 1.50 bits per heavy atom. The minimum Gasteiger partial charge on any atom is -0.444 e. The summed E-state index contributed by atoms with van der Waals surface area (Å²) in [5.41, 5.74) is -0.683. The molecular formula is C15H25FN2O4. The average Bonchev–Trinajstić information content (AvgIpc) is 2.76. The van der Waals surface area contributed by atoms with Crippen LogP contribution in [0, 0.1) is 11.3 Å². The zero-order chi connectivity index (χ0) is 16.9. The van der Waals surface area contributed by atoms with Crippen molar-refractivity contribution < 1.29 is 23.4 Å². The minimum atomic E-state index is -1.20. The molecule has 0 aromatic rings. The molecule has 0 aromatic heterocycles. The van der Waals surface area contributed by atoms with Crippen LogP contribution in [0.4, 0.5) is 9.18 Å². The number of nitrogens with zero attached hydrogens (tertiary/aromatic N) is 2. The molecule has 2 unspecified atom stereocenters. The van der Waals surface area contributed by atoms with Crippen molar-refractivity contribution in [3.8, 4) is 6.07 Å². The van der Waals surface area contributed by atoms with Crippen molar-refractivity contribution in [3.05, 3.63) is 0 Å². The van der Waals surface area contributed by atoms with Gasteiger partial charge in [0.2, 0.25) is 0 Å². The summed E-state index contributed by atoms with van der Waals surface area (Å²) < 4.78 is 29.7. The highest BCUT2D eigenvalue weighted by molar-refractivity contribution is 5.69. The molecule has 1 aliphatic heterocycles. The molecule has 1 heterocycles. The van der Waals surface area contributed by atoms with E-state index in [4.69, 9.17) is 14.2 Å². The van der Waals surface area contributed by atoms with Crippen LogP contribution in [0.1, 0.15) is 41.0 Å². The first-order chi connectivity index (χ1) is 10.2. The zero-order valence-corrected chi connectivity index (χ0v) is 13.8. The third-order valence-corrected chi connectivity index (χ3v) is 3.14. The number of halogens is 1. The highest BCUT2D eigenvalue weighted by Gasteiger charge is 2.43. The van der Waals surface area contributed by atoms with Crippen molar-refractivity contribution in [3.63, 3.8) is 0 Å². The summed E-state index contributed by atoms with van der Waals surface area (Å²) in [6.07, 6.45) is -3.34. The van der Waals surface area contributed by atoms with E-state index in [-0.39, 0.29) is 13.0 Å². The highest BCUT2D eigenvalue weighted by atomic mass is 19.1. The molecule has 0 bridgehead atoms. The number of hydrogen-bond donors (Lipinski definition) is 0. The van der Waals surface area contributed by atoms with Gasteiger partial charge in [0.25, 0.3) is 0 Å². The number of likely N-dealkylation sites (tertiary alicyclic amines) is 1. The summed E-state index contributed by atoms with van der Waals surface area (Å²) in [6, 6.07) is 1.30. The van der Waals surface area contributed by atoms with Gasteiger partial charge in [-0.3, -0.25) is 4.90 Å². The molecule has 0 spiro atoms. The van der Waals surface area contributed by atoms with Crippen LogP contribution in [0.25, 0.3) is 0 Å². The molecule has 0 aromatic carbocycles. The quantitative estimate of drug-likeness (QED) is 0.729. The number of carbonyl (C=O) groups is 1. The van der Waals surface area contributed by atoms with Gasteiger partial charge in [0.1, 0.15) is 11.8 Å². The lowest BCUT2D eigenvalue weighted by Gasteiger charge is -2.31. The van der Waals surface area contributed by atoms with Crippen LogP contribution in [-0.2, 0) is 14.2 Å². The number of rotatable bonds is 5. The maximum absolute atomic E-state index is 13.8. The Hall–Kier alpha value is -1.39. The highest BCUT2D eigenvalue weighted by Crippen LogP contribution is 2.27. The van der Waals surface area contributed by atoms with Gasteiger partial charge in [0.15, 0.2) is 12.4 Å². The van der Waals surface area contributed by atoms with Gasteiger partial charge < -0.3 is 14.2 Å². The summed E-state index contributed by atoms with van der Waals surface area (Å²) in [5, 5.41) is 9.29. The van der Waals surface area contributed by atoms with Gasteiger partial charge in [0, 0.05) is 13.0 Å². The number of hydrogen-bond acceptors (Lipinski definition) is 5. The lowest BCUT2D eigenvalue weighted by Crippen LogP contribution is -2.46. The molecule has 1 saturated heterocycles. The number of carbonyl (C=O) groups excluding carboxylic acids is 1. The van der Waals surface area contributed by atoms with Crippen molar-refractivity contribution in [1.82, 2.24) is 4.90 Å². The molecule has 1 aliphatic rings. The Balaban J connectivity index is 2.80. The SMILES string of the molecule is CCOC(C)OC(C#N)[C@@H]1C[C@H](F)CN1C(=O)OC(C)(C)C. The predicted octanol–water partition coefficient (Wildman–Crippen LogP) is 2.63. The monoisotopic (exact) mass is 316 g/mol. The molecule has 1 rings (SSSR count). The Morgan fingerprint density at radius 3 is 2.64 bits per heavy atom. The van der Waals surface area contributed by atoms with Crippen LogP contribution in [-0.4, -0.2) is 54.4 Å². The third-order valence-electron chi connectivity index (χ3n) is 3.14. The Kier molecular flexibility index (Phi) is 6.57. The molecule has 0 saturated carbocycles. The van der Waals surface area contributed by atoms with Crippen molar-refractivity contribution in [2.45, 2.75) is 71.2 Å². The lowest BCUT2D eigenvalue weighted by molar-refractivity contribution is -0.155. The molecule has 0 N–H and O–H groups in total. The van der Waals surface area contributed by atoms with Crippen molar-refractivity contribution in [1.29, 1.82) is 5.26 Å². The Morgan fingerprint density at radius 2 is 2.14 bits per heavy atom. The van der Waals surface area contributed by atoms with Crippen LogP contribution in [0.5, 0.6) is 0 Å². The van der Waals surface area contributed by atoms with E-state index in [0.29, 0.717) is 6.61 Å². The molecule has 7 heteroatoms. The molecule has 22 heavy (non-hydrogen) atoms. The summed E-state index contributed by atoms with van der Waals surface area (Å²) in [7, 11) is 0. The standard InChI is InChI=1S/C15H25FN2O4/c1-6-20-10(2)21-13(8-17)12-7-11(16)9-18(12)14(19)22-15(3,4)5/h10-13H,6-7,9H2,1-5H3/t10?,11-,12-,13?/m0/s1. The van der Waals surface area contributed by atoms with Crippen LogP contribution >= 0.6 is 0 Å². The van der Waals surface area contributed by atoms with Gasteiger partial charge in [0.05, 0.1) is 18.7 Å². The third kappa shape index (κ3) is 5.43. The van der Waals surface area contributed by atoms with Gasteiger partial charge >= 0.3 is 6.09 Å². The Labute approximate surface area is 131 Å². The second kappa shape index (κ2) is 7.75. The van der Waals surface area contributed by atoms with Gasteiger partial charge in [-0.05, 0) is 34.6 Å². The largest absolute Gasteiger partial charge is 0.444 e. The minimum absolute atomic E-state index is 0.0519. The van der Waals surface area contributed by atoms with Crippen LogP contribution in [0.3, 0.4) is 0 Å². The van der Waals surface area contributed by atoms with Gasteiger partial charge in [-0.25, -0.2) is 9.18 Å². The van der Waals surface area contributed by atoms with Gasteiger partial charge in [-0.1, -0.05) is 0 Å². The van der Waals surface area contributed by atoms with E-state index < -0.39 is 36.3 Å². The van der Waals surface area contributed by atoms with E-state index in [1.165, 1.54) is 4.90 Å². The molecule has 0 radical (unpaired) electrons. The van der Waals surface area contributed by atoms with Gasteiger partial charge in [-0.2, -0.15) is 5.26 Å². The summed E-state index contributed by atoms with van der Waals surface area (Å²) in [4.78, 5) is 13.4. The number of amides is 1. The lowest BCUT2D eigenvalue weighted by atomic mass is 10.1. The van der Waals surface area contributed by atoms with Crippen LogP contribution in [0.2, 0.25) is 0 Å². The first-order valence-corrected chi connectivity index (χ1v) is 7.48. The fourth-order valence-corrected chi connectivity index (χ4v) is 2.32. The van der Waals surface area contributed by atoms with Crippen molar-refractivity contribution in [2.75, 3.05) is 13.2 Å². The number of alkyl halides is 1. The molecular weight excluding hydrogens is 291 g/mol. The normalized spacial score (nSPS) is 24.7. The van der Waals surface area contributed by atoms with Crippen molar-refractivity contribution >= 4 is 6.09 Å². The van der Waals surface area contributed by atoms with Crippen molar-refractivity contribution in [2.24, 2.45) is 0 Å². The zero-order valence-electron chi connectivity index (χ0n) is 13.8. The van der Waals surface area contributed by atoms with Gasteiger partial charge in [-0.15, -0.1) is 0 Å². The average molecular weight is 316 g/mol. The van der Waals surface area contributed by atoms with Crippen LogP contribution < -0.4 is 0 Å². The number of nitriles is 1. The topological polar surface area (TPSA) is 71.8 Å². The van der Waals surface area contributed by atoms with E-state index in [0.717, 1.165) is 0 Å². The smallest absolute Gasteiger partial charge is 0.410 e. The van der Waals surface area contributed by atoms with E-state index in [1.54, 1.807) is 34.6 Å². The first kappa shape index (κ1) is 18.7. The maximum Gasteiger partial charge on any atom is 0.410 e. The molecule has 4 atom stereocenters. The predicted molar refractivity (Wildman–Crippen MR) is 77.8 cm³/mol. The molecule has 1 amide bonds. The van der Waals surface area contributed by atoms with E-state index >= 15 is 0 Å². The molecule has 6 nitrogen and oxygen atoms in total. The fraction of sp³-hybridized carbons (Fsp3) is 0.867. The first-order valence-electron chi connectivity index (χ1n) is 7.48. The van der Waals surface area contributed by atoms with E-state index in [9.17, 15) is 14.4 Å². The summed E-state index contributed by atoms with van der Waals surface area (Å²) in [5.74, 6) is 0. The van der Waals surface area contributed by atoms with E-state index in [2.05, 4.69) is 0 Å². The van der Waals surface area contributed by atoms with Crippen LogP contribution in [0.15, 0.2) is 0 Å². The second-order valence-corrected chi connectivity index (χ2v) is 6.24. The Bertz CT molecular complexity index is 419. The maximum atomic E-state index is 13.8. The summed E-state index contributed by atoms with van der Waals surface area (Å²) >= 11 is 0. The molecule has 126 valence electrons. The van der Waals surface area contributed by atoms with E-state index in [1.807, 2.05) is 6.07 Å². The number of ether oxygens (including phenoxy) is 3.